The van der Waals surface area contributed by atoms with Crippen molar-refractivity contribution in [1.82, 2.24) is 30.0 Å². The van der Waals surface area contributed by atoms with Gasteiger partial charge in [0.1, 0.15) is 6.54 Å². The van der Waals surface area contributed by atoms with Gasteiger partial charge in [0, 0.05) is 42.7 Å². The second-order valence-corrected chi connectivity index (χ2v) is 8.48. The molecule has 2 aromatic heterocycles. The molecule has 0 atom stereocenters. The predicted molar refractivity (Wildman–Crippen MR) is 128 cm³/mol. The standard InChI is InChI=1S/C24H29N7O3/c1-16(2)27-23(33)19-6-4-18(5-7-19)22-17(3)12-25-24(29-22)28-20-13-26-31(14-20)15-21(32)30-8-10-34-11-9-30/h4-7,12-14,16H,8-11,15H2,1-3H3,(H,27,33)(H,25,28,29). The van der Waals surface area contributed by atoms with E-state index in [0.717, 1.165) is 16.8 Å². The number of nitrogens with zero attached hydrogens (tertiary/aromatic N) is 5. The quantitative estimate of drug-likeness (QED) is 0.553. The fourth-order valence-corrected chi connectivity index (χ4v) is 3.61. The summed E-state index contributed by atoms with van der Waals surface area (Å²) in [6, 6.07) is 7.41. The van der Waals surface area contributed by atoms with Gasteiger partial charge in [0.25, 0.3) is 5.91 Å². The van der Waals surface area contributed by atoms with Crippen LogP contribution in [-0.2, 0) is 16.1 Å². The van der Waals surface area contributed by atoms with Crippen LogP contribution < -0.4 is 10.6 Å². The summed E-state index contributed by atoms with van der Waals surface area (Å²) in [5.41, 5.74) is 3.85. The highest BCUT2D eigenvalue weighted by molar-refractivity contribution is 5.94. The highest BCUT2D eigenvalue weighted by atomic mass is 16.5. The third kappa shape index (κ3) is 5.76. The Morgan fingerprint density at radius 3 is 2.56 bits per heavy atom. The number of hydrogen-bond acceptors (Lipinski definition) is 7. The molecular formula is C24H29N7O3. The molecule has 2 amide bonds. The number of rotatable bonds is 7. The lowest BCUT2D eigenvalue weighted by atomic mass is 10.1. The molecule has 1 aliphatic heterocycles. The van der Waals surface area contributed by atoms with Gasteiger partial charge in [-0.05, 0) is 38.5 Å². The first-order chi connectivity index (χ1) is 16.4. The van der Waals surface area contributed by atoms with Gasteiger partial charge in [-0.15, -0.1) is 0 Å². The van der Waals surface area contributed by atoms with Crippen LogP contribution >= 0.6 is 0 Å². The number of carbonyl (C=O) groups is 2. The van der Waals surface area contributed by atoms with Crippen molar-refractivity contribution >= 4 is 23.5 Å². The molecule has 178 valence electrons. The largest absolute Gasteiger partial charge is 0.378 e. The first-order valence-corrected chi connectivity index (χ1v) is 11.3. The van der Waals surface area contributed by atoms with Gasteiger partial charge >= 0.3 is 0 Å². The lowest BCUT2D eigenvalue weighted by Crippen LogP contribution is -2.42. The highest BCUT2D eigenvalue weighted by Crippen LogP contribution is 2.23. The molecule has 1 aliphatic rings. The Morgan fingerprint density at radius 2 is 1.85 bits per heavy atom. The van der Waals surface area contributed by atoms with Gasteiger partial charge in [-0.3, -0.25) is 14.3 Å². The Labute approximate surface area is 198 Å². The first kappa shape index (κ1) is 23.4. The number of hydrogen-bond donors (Lipinski definition) is 2. The number of nitrogens with one attached hydrogen (secondary N) is 2. The van der Waals surface area contributed by atoms with E-state index in [0.29, 0.717) is 43.5 Å². The zero-order chi connectivity index (χ0) is 24.1. The lowest BCUT2D eigenvalue weighted by molar-refractivity contribution is -0.136. The molecule has 0 saturated carbocycles. The van der Waals surface area contributed by atoms with Crippen molar-refractivity contribution in [1.29, 1.82) is 0 Å². The summed E-state index contributed by atoms with van der Waals surface area (Å²) in [5.74, 6) is 0.325. The molecule has 2 N–H and O–H groups in total. The van der Waals surface area contributed by atoms with E-state index in [1.807, 2.05) is 32.9 Å². The maximum atomic E-state index is 12.4. The number of benzene rings is 1. The van der Waals surface area contributed by atoms with Crippen molar-refractivity contribution in [3.8, 4) is 11.3 Å². The van der Waals surface area contributed by atoms with Crippen molar-refractivity contribution in [2.75, 3.05) is 31.6 Å². The zero-order valence-electron chi connectivity index (χ0n) is 19.6. The molecule has 0 bridgehead atoms. The molecule has 0 spiro atoms. The van der Waals surface area contributed by atoms with Crippen molar-refractivity contribution < 1.29 is 14.3 Å². The second-order valence-electron chi connectivity index (χ2n) is 8.48. The summed E-state index contributed by atoms with van der Waals surface area (Å²) in [4.78, 5) is 35.4. The van der Waals surface area contributed by atoms with Crippen molar-refractivity contribution in [3.63, 3.8) is 0 Å². The molecular weight excluding hydrogens is 434 g/mol. The van der Waals surface area contributed by atoms with Crippen LogP contribution in [0.15, 0.2) is 42.9 Å². The van der Waals surface area contributed by atoms with Crippen LogP contribution in [-0.4, -0.2) is 68.8 Å². The van der Waals surface area contributed by atoms with Gasteiger partial charge in [-0.1, -0.05) is 12.1 Å². The van der Waals surface area contributed by atoms with Gasteiger partial charge in [0.2, 0.25) is 11.9 Å². The summed E-state index contributed by atoms with van der Waals surface area (Å²) >= 11 is 0. The molecule has 1 fully saturated rings. The number of aryl methyl sites for hydroxylation is 1. The fraction of sp³-hybridized carbons (Fsp3) is 0.375. The Hall–Kier alpha value is -3.79. The molecule has 1 saturated heterocycles. The summed E-state index contributed by atoms with van der Waals surface area (Å²) in [7, 11) is 0. The summed E-state index contributed by atoms with van der Waals surface area (Å²) in [6.45, 7) is 8.31. The minimum Gasteiger partial charge on any atom is -0.378 e. The number of aromatic nitrogens is 4. The topological polar surface area (TPSA) is 114 Å². The minimum atomic E-state index is -0.104. The molecule has 0 radical (unpaired) electrons. The zero-order valence-corrected chi connectivity index (χ0v) is 19.6. The SMILES string of the molecule is Cc1cnc(Nc2cnn(CC(=O)N3CCOCC3)c2)nc1-c1ccc(C(=O)NC(C)C)cc1. The Kier molecular flexibility index (Phi) is 7.17. The minimum absolute atomic E-state index is 0.0114. The van der Waals surface area contributed by atoms with Gasteiger partial charge in [0.05, 0.1) is 30.8 Å². The molecule has 0 aliphatic carbocycles. The van der Waals surface area contributed by atoms with Crippen LogP contribution in [0.1, 0.15) is 29.8 Å². The number of carbonyl (C=O) groups excluding carboxylic acids is 2. The van der Waals surface area contributed by atoms with E-state index >= 15 is 0 Å². The van der Waals surface area contributed by atoms with E-state index in [2.05, 4.69) is 25.7 Å². The molecule has 1 aromatic carbocycles. The Morgan fingerprint density at radius 1 is 1.12 bits per heavy atom. The van der Waals surface area contributed by atoms with Gasteiger partial charge in [-0.2, -0.15) is 5.10 Å². The molecule has 10 nitrogen and oxygen atoms in total. The van der Waals surface area contributed by atoms with Crippen LogP contribution in [0, 0.1) is 6.92 Å². The number of morpholine rings is 1. The Bertz CT molecular complexity index is 1150. The predicted octanol–water partition coefficient (Wildman–Crippen LogP) is 2.39. The average Bonchev–Trinajstić information content (AvgIpc) is 3.27. The Balaban J connectivity index is 1.43. The summed E-state index contributed by atoms with van der Waals surface area (Å²) in [6.07, 6.45) is 5.14. The van der Waals surface area contributed by atoms with Crippen LogP contribution in [0.2, 0.25) is 0 Å². The van der Waals surface area contributed by atoms with Crippen LogP contribution in [0.3, 0.4) is 0 Å². The van der Waals surface area contributed by atoms with E-state index in [9.17, 15) is 9.59 Å². The van der Waals surface area contributed by atoms with E-state index < -0.39 is 0 Å². The van der Waals surface area contributed by atoms with Crippen molar-refractivity contribution in [2.24, 2.45) is 0 Å². The number of ether oxygens (including phenoxy) is 1. The van der Waals surface area contributed by atoms with Crippen LogP contribution in [0.4, 0.5) is 11.6 Å². The monoisotopic (exact) mass is 463 g/mol. The molecule has 34 heavy (non-hydrogen) atoms. The summed E-state index contributed by atoms with van der Waals surface area (Å²) < 4.78 is 6.89. The third-order valence-corrected chi connectivity index (χ3v) is 5.36. The first-order valence-electron chi connectivity index (χ1n) is 11.3. The van der Waals surface area contributed by atoms with E-state index in [4.69, 9.17) is 4.74 Å². The average molecular weight is 464 g/mol. The van der Waals surface area contributed by atoms with Crippen molar-refractivity contribution in [2.45, 2.75) is 33.4 Å². The molecule has 3 aromatic rings. The van der Waals surface area contributed by atoms with Gasteiger partial charge in [-0.25, -0.2) is 9.97 Å². The molecule has 0 unspecified atom stereocenters. The van der Waals surface area contributed by atoms with E-state index in [1.165, 1.54) is 0 Å². The maximum Gasteiger partial charge on any atom is 0.251 e. The maximum absolute atomic E-state index is 12.4. The smallest absolute Gasteiger partial charge is 0.251 e. The molecule has 3 heterocycles. The second kappa shape index (κ2) is 10.4. The van der Waals surface area contributed by atoms with Crippen LogP contribution in [0.5, 0.6) is 0 Å². The van der Waals surface area contributed by atoms with Gasteiger partial charge in [0.15, 0.2) is 0 Å². The number of amides is 2. The normalized spacial score (nSPS) is 13.7. The number of anilines is 2. The lowest BCUT2D eigenvalue weighted by Gasteiger charge is -2.26. The fourth-order valence-electron chi connectivity index (χ4n) is 3.61. The third-order valence-electron chi connectivity index (χ3n) is 5.36. The van der Waals surface area contributed by atoms with E-state index in [-0.39, 0.29) is 24.4 Å². The summed E-state index contributed by atoms with van der Waals surface area (Å²) in [5, 5.41) is 10.3. The van der Waals surface area contributed by atoms with E-state index in [1.54, 1.807) is 40.3 Å². The van der Waals surface area contributed by atoms with Crippen molar-refractivity contribution in [3.05, 3.63) is 54.0 Å². The highest BCUT2D eigenvalue weighted by Gasteiger charge is 2.17. The van der Waals surface area contributed by atoms with Gasteiger partial charge < -0.3 is 20.3 Å². The molecule has 4 rings (SSSR count). The van der Waals surface area contributed by atoms with Crippen LogP contribution in [0.25, 0.3) is 11.3 Å². The molecule has 10 heteroatoms.